The fourth-order valence-corrected chi connectivity index (χ4v) is 3.31. The fourth-order valence-electron chi connectivity index (χ4n) is 3.31. The molecule has 0 rings (SSSR count). The molecule has 6 heteroatoms. The maximum atomic E-state index is 5.44. The molecule has 0 aliphatic carbocycles. The van der Waals surface area contributed by atoms with Gasteiger partial charge < -0.3 is 0 Å². The third-order valence-corrected chi connectivity index (χ3v) is 4.18. The van der Waals surface area contributed by atoms with E-state index in [4.69, 9.17) is 2.25 Å². The van der Waals surface area contributed by atoms with Gasteiger partial charge >= 0.3 is 52.0 Å². The summed E-state index contributed by atoms with van der Waals surface area (Å²) in [6.07, 6.45) is 17.2. The molecular weight excluding hydrogens is 434 g/mol. The van der Waals surface area contributed by atoms with Crippen LogP contribution in [0.2, 0.25) is 0 Å². The zero-order valence-electron chi connectivity index (χ0n) is 17.6. The average Bonchev–Trinajstić information content (AvgIpc) is 2.69. The number of rotatable bonds is 12. The Kier molecular flexibility index (Phi) is 41.8. The molecule has 0 bridgehead atoms. The summed E-state index contributed by atoms with van der Waals surface area (Å²) < 4.78 is 10.9. The molecule has 0 spiro atoms. The van der Waals surface area contributed by atoms with E-state index in [1.807, 2.05) is 31.4 Å². The van der Waals surface area contributed by atoms with Crippen LogP contribution in [-0.4, -0.2) is 2.25 Å². The third kappa shape index (κ3) is 24.3. The summed E-state index contributed by atoms with van der Waals surface area (Å²) in [7, 11) is 8.04. The maximum absolute atomic E-state index is 5.44. The molecule has 23 heavy (non-hydrogen) atoms. The van der Waals surface area contributed by atoms with Gasteiger partial charge in [-0.2, -0.15) is 26.8 Å². The molecule has 0 saturated carbocycles. The van der Waals surface area contributed by atoms with Crippen molar-refractivity contribution in [2.45, 2.75) is 105 Å². The van der Waals surface area contributed by atoms with E-state index >= 15 is 0 Å². The molecule has 0 heterocycles. The van der Waals surface area contributed by atoms with E-state index in [2.05, 4.69) is 75.1 Å². The summed E-state index contributed by atoms with van der Waals surface area (Å²) in [5, 5.41) is 0. The van der Waals surface area contributed by atoms with Crippen molar-refractivity contribution in [3.05, 3.63) is 0 Å². The summed E-state index contributed by atoms with van der Waals surface area (Å²) >= 11 is 9.35. The van der Waals surface area contributed by atoms with Crippen molar-refractivity contribution in [3.8, 4) is 0 Å². The first kappa shape index (κ1) is 30.1. The van der Waals surface area contributed by atoms with Gasteiger partial charge in [0.1, 0.15) is 0 Å². The molecule has 0 nitrogen and oxygen atoms in total. The minimum absolute atomic E-state index is 0.702. The van der Waals surface area contributed by atoms with Gasteiger partial charge in [-0.05, 0) is 31.1 Å². The minimum atomic E-state index is 0.702. The van der Waals surface area contributed by atoms with Crippen LogP contribution in [0, 0.1) is 5.41 Å². The molecule has 0 aliphatic heterocycles. The van der Waals surface area contributed by atoms with Gasteiger partial charge in [-0.15, -0.1) is 0 Å². The molecule has 0 aromatic rings. The molecule has 142 valence electrons. The van der Waals surface area contributed by atoms with Crippen molar-refractivity contribution < 1.29 is 31.4 Å². The Hall–Kier alpha value is 2.31. The molecule has 0 amide bonds. The van der Waals surface area contributed by atoms with Crippen LogP contribution in [0.4, 0.5) is 0 Å². The SMILES string of the molecule is CCCCCC(CCC)(CCC)CCCCC.[3H]S.[3H]S.[S]=[V].[S]=[V]. The van der Waals surface area contributed by atoms with Crippen LogP contribution < -0.4 is 0 Å². The first-order valence-electron chi connectivity index (χ1n) is 9.50. The topological polar surface area (TPSA) is 0 Å². The predicted molar refractivity (Wildman–Crippen MR) is 116 cm³/mol. The van der Waals surface area contributed by atoms with Gasteiger partial charge in [-0.3, -0.25) is 0 Å². The Bertz CT molecular complexity index is 185. The van der Waals surface area contributed by atoms with Crippen LogP contribution in [0.5, 0.6) is 0 Å². The van der Waals surface area contributed by atoms with Gasteiger partial charge in [0, 0.05) is 0 Å². The van der Waals surface area contributed by atoms with Crippen molar-refractivity contribution in [3.63, 3.8) is 0 Å². The number of hydrogen-bond donors (Lipinski definition) is 0. The first-order valence-corrected chi connectivity index (χ1v) is 12.8. The Morgan fingerprint density at radius 2 is 0.913 bits per heavy atom. The molecular formula is C17H40S4V2. The monoisotopic (exact) mass is 478 g/mol. The molecule has 0 radical (unpaired) electrons. The Labute approximate surface area is 189 Å². The summed E-state index contributed by atoms with van der Waals surface area (Å²) in [4.78, 5) is 0. The van der Waals surface area contributed by atoms with Gasteiger partial charge in [-0.25, -0.2) is 0 Å². The van der Waals surface area contributed by atoms with Gasteiger partial charge in [0.05, 0.1) is 2.25 Å². The number of unbranched alkanes of at least 4 members (excludes halogenated alkanes) is 4. The van der Waals surface area contributed by atoms with E-state index in [0.29, 0.717) is 5.41 Å². The van der Waals surface area contributed by atoms with Gasteiger partial charge in [0.2, 0.25) is 0 Å². The zero-order valence-corrected chi connectivity index (χ0v) is 21.8. The van der Waals surface area contributed by atoms with Crippen LogP contribution in [0.3, 0.4) is 0 Å². The van der Waals surface area contributed by atoms with Crippen LogP contribution in [-0.2, 0) is 31.4 Å². The molecule has 0 saturated heterocycles. The van der Waals surface area contributed by atoms with E-state index in [1.165, 1.54) is 77.0 Å². The summed E-state index contributed by atoms with van der Waals surface area (Å²) in [5.41, 5.74) is 0.702. The van der Waals surface area contributed by atoms with Crippen LogP contribution in [0.15, 0.2) is 0 Å². The predicted octanol–water partition coefficient (Wildman–Crippen LogP) is 8.25. The normalized spacial score (nSPS) is 9.74. The molecule has 0 N–H and O–H groups in total. The van der Waals surface area contributed by atoms with E-state index in [0.717, 1.165) is 0 Å². The van der Waals surface area contributed by atoms with E-state index in [9.17, 15) is 0 Å². The first-order chi connectivity index (χ1) is 12.2. The summed E-state index contributed by atoms with van der Waals surface area (Å²) in [6.45, 7) is 9.37. The summed E-state index contributed by atoms with van der Waals surface area (Å²) in [6, 6.07) is 0. The van der Waals surface area contributed by atoms with E-state index in [-0.39, 0.29) is 0 Å². The van der Waals surface area contributed by atoms with Crippen molar-refractivity contribution in [2.75, 3.05) is 0 Å². The molecule has 0 fully saturated rings. The van der Waals surface area contributed by atoms with Crippen LogP contribution >= 0.6 is 47.4 Å². The third-order valence-electron chi connectivity index (χ3n) is 4.18. The van der Waals surface area contributed by atoms with Crippen LogP contribution in [0.25, 0.3) is 0 Å². The van der Waals surface area contributed by atoms with Gasteiger partial charge in [0.25, 0.3) is 0 Å². The average molecular weight is 479 g/mol. The second-order valence-electron chi connectivity index (χ2n) is 5.91. The summed E-state index contributed by atoms with van der Waals surface area (Å²) in [5.74, 6) is 0. The molecule has 0 aliphatic rings. The second-order valence-corrected chi connectivity index (χ2v) is 5.91. The molecule has 0 unspecified atom stereocenters. The number of hydrogen-bond acceptors (Lipinski definition) is 2. The fraction of sp³-hybridized carbons (Fsp3) is 1.00. The van der Waals surface area contributed by atoms with Crippen molar-refractivity contribution in [1.29, 1.82) is 2.25 Å². The van der Waals surface area contributed by atoms with Crippen molar-refractivity contribution in [1.82, 2.24) is 0 Å². The second kappa shape index (κ2) is 32.0. The molecule has 0 aromatic heterocycles. The molecule has 0 atom stereocenters. The Balaban J connectivity index is -0.000000145. The quantitative estimate of drug-likeness (QED) is 0.259. The molecule has 0 aromatic carbocycles. The van der Waals surface area contributed by atoms with Crippen LogP contribution in [0.1, 0.15) is 105 Å². The van der Waals surface area contributed by atoms with E-state index < -0.39 is 0 Å². The van der Waals surface area contributed by atoms with Gasteiger partial charge in [-0.1, -0.05) is 79.1 Å². The van der Waals surface area contributed by atoms with Crippen molar-refractivity contribution in [2.24, 2.45) is 5.41 Å². The van der Waals surface area contributed by atoms with E-state index in [1.54, 1.807) is 0 Å². The Morgan fingerprint density at radius 1 is 0.609 bits per heavy atom. The van der Waals surface area contributed by atoms with Crippen molar-refractivity contribution >= 4 is 47.4 Å². The zero-order chi connectivity index (χ0) is 21.0. The Morgan fingerprint density at radius 3 is 1.13 bits per heavy atom. The van der Waals surface area contributed by atoms with Gasteiger partial charge in [0.15, 0.2) is 0 Å². The standard InChI is InChI=1S/C17H36.2H2S.2S.2V/c1-5-9-11-15-17(13-7-3,14-8-4)16-12-10-6-2;;;;;;/h5-16H2,1-4H3;2*1H2;;;;/i/hT2.